The molecule has 0 bridgehead atoms. The summed E-state index contributed by atoms with van der Waals surface area (Å²) in [6, 6.07) is 0. The van der Waals surface area contributed by atoms with Crippen molar-refractivity contribution in [2.45, 2.75) is 25.4 Å². The van der Waals surface area contributed by atoms with E-state index in [0.717, 1.165) is 19.3 Å². The van der Waals surface area contributed by atoms with E-state index in [1.165, 1.54) is 0 Å². The predicted octanol–water partition coefficient (Wildman–Crippen LogP) is 1.64. The van der Waals surface area contributed by atoms with Gasteiger partial charge in [0.25, 0.3) is 0 Å². The number of allylic oxidation sites excluding steroid dienone is 3. The highest BCUT2D eigenvalue weighted by molar-refractivity contribution is 4.99. The second kappa shape index (κ2) is 3.46. The molecule has 0 aromatic carbocycles. The molecule has 0 aromatic rings. The summed E-state index contributed by atoms with van der Waals surface area (Å²) in [5.41, 5.74) is 0. The topological polar surface area (TPSA) is 20.2 Å². The van der Waals surface area contributed by atoms with Crippen molar-refractivity contribution in [3.63, 3.8) is 0 Å². The van der Waals surface area contributed by atoms with E-state index >= 15 is 0 Å². The summed E-state index contributed by atoms with van der Waals surface area (Å²) in [5, 5.41) is 9.09. The molecule has 0 spiro atoms. The Morgan fingerprint density at radius 3 is 3.00 bits per heavy atom. The number of aliphatic hydroxyl groups excluding tert-OH is 1. The zero-order chi connectivity index (χ0) is 6.53. The standard InChI is InChI=1S/C8H12O/c9-8-6-4-2-1-3-5-7-8/h1-2,5,7-9H,3-4,6H2. The van der Waals surface area contributed by atoms with Crippen molar-refractivity contribution >= 4 is 0 Å². The van der Waals surface area contributed by atoms with Crippen LogP contribution in [0.5, 0.6) is 0 Å². The van der Waals surface area contributed by atoms with E-state index in [9.17, 15) is 0 Å². The number of aliphatic hydroxyl groups is 1. The van der Waals surface area contributed by atoms with E-state index in [2.05, 4.69) is 12.2 Å². The van der Waals surface area contributed by atoms with Gasteiger partial charge < -0.3 is 5.11 Å². The van der Waals surface area contributed by atoms with Gasteiger partial charge in [-0.15, -0.1) is 0 Å². The van der Waals surface area contributed by atoms with Gasteiger partial charge in [0.15, 0.2) is 0 Å². The lowest BCUT2D eigenvalue weighted by Crippen LogP contribution is -2.01. The lowest BCUT2D eigenvalue weighted by Gasteiger charge is -2.03. The highest BCUT2D eigenvalue weighted by Gasteiger charge is 1.96. The smallest absolute Gasteiger partial charge is 0.0724 e. The second-order valence-electron chi connectivity index (χ2n) is 2.28. The largest absolute Gasteiger partial charge is 0.389 e. The summed E-state index contributed by atoms with van der Waals surface area (Å²) in [6.07, 6.45) is 10.7. The molecule has 0 aromatic heterocycles. The van der Waals surface area contributed by atoms with Crippen molar-refractivity contribution in [1.29, 1.82) is 0 Å². The fourth-order valence-electron chi connectivity index (χ4n) is 0.892. The Hall–Kier alpha value is -0.560. The SMILES string of the molecule is OC1C=CCC=CCC1. The third-order valence-electron chi connectivity index (χ3n) is 1.43. The zero-order valence-electron chi connectivity index (χ0n) is 5.46. The Bertz CT molecular complexity index is 125. The van der Waals surface area contributed by atoms with Crippen LogP contribution in [0.25, 0.3) is 0 Å². The van der Waals surface area contributed by atoms with Crippen LogP contribution in [0.4, 0.5) is 0 Å². The molecule has 0 amide bonds. The quantitative estimate of drug-likeness (QED) is 0.487. The molecule has 0 saturated heterocycles. The number of rotatable bonds is 0. The van der Waals surface area contributed by atoms with Crippen LogP contribution in [-0.4, -0.2) is 11.2 Å². The van der Waals surface area contributed by atoms with Gasteiger partial charge in [-0.25, -0.2) is 0 Å². The summed E-state index contributed by atoms with van der Waals surface area (Å²) in [7, 11) is 0. The fourth-order valence-corrected chi connectivity index (χ4v) is 0.892. The van der Waals surface area contributed by atoms with Gasteiger partial charge in [0, 0.05) is 0 Å². The van der Waals surface area contributed by atoms with Crippen molar-refractivity contribution < 1.29 is 5.11 Å². The predicted molar refractivity (Wildman–Crippen MR) is 38.1 cm³/mol. The van der Waals surface area contributed by atoms with Crippen LogP contribution in [0.3, 0.4) is 0 Å². The molecule has 1 N–H and O–H groups in total. The van der Waals surface area contributed by atoms with Crippen LogP contribution < -0.4 is 0 Å². The maximum atomic E-state index is 9.09. The van der Waals surface area contributed by atoms with E-state index < -0.39 is 0 Å². The first-order valence-electron chi connectivity index (χ1n) is 3.39. The maximum Gasteiger partial charge on any atom is 0.0724 e. The minimum absolute atomic E-state index is 0.213. The molecule has 1 aliphatic carbocycles. The van der Waals surface area contributed by atoms with Crippen LogP contribution in [0, 0.1) is 0 Å². The number of hydrogen-bond acceptors (Lipinski definition) is 1. The van der Waals surface area contributed by atoms with Gasteiger partial charge in [-0.05, 0) is 19.3 Å². The summed E-state index contributed by atoms with van der Waals surface area (Å²) in [6.45, 7) is 0. The molecule has 0 saturated carbocycles. The van der Waals surface area contributed by atoms with Gasteiger partial charge >= 0.3 is 0 Å². The molecule has 1 unspecified atom stereocenters. The molecule has 50 valence electrons. The zero-order valence-corrected chi connectivity index (χ0v) is 5.46. The Morgan fingerprint density at radius 1 is 1.22 bits per heavy atom. The normalized spacial score (nSPS) is 27.4. The lowest BCUT2D eigenvalue weighted by molar-refractivity contribution is 0.213. The first-order chi connectivity index (χ1) is 4.39. The monoisotopic (exact) mass is 124 g/mol. The van der Waals surface area contributed by atoms with Crippen LogP contribution in [0.1, 0.15) is 19.3 Å². The van der Waals surface area contributed by atoms with Crippen LogP contribution in [0.2, 0.25) is 0 Å². The van der Waals surface area contributed by atoms with E-state index in [-0.39, 0.29) is 6.10 Å². The third-order valence-corrected chi connectivity index (χ3v) is 1.43. The average Bonchev–Trinajstić information content (AvgIpc) is 1.79. The Kier molecular flexibility index (Phi) is 2.52. The molecule has 1 heteroatoms. The highest BCUT2D eigenvalue weighted by atomic mass is 16.3. The molecule has 9 heavy (non-hydrogen) atoms. The molecule has 1 rings (SSSR count). The Balaban J connectivity index is 2.40. The second-order valence-corrected chi connectivity index (χ2v) is 2.28. The van der Waals surface area contributed by atoms with E-state index in [1.54, 1.807) is 0 Å². The van der Waals surface area contributed by atoms with Gasteiger partial charge in [0.1, 0.15) is 0 Å². The van der Waals surface area contributed by atoms with Crippen molar-refractivity contribution in [3.8, 4) is 0 Å². The molecule has 1 atom stereocenters. The number of hydrogen-bond donors (Lipinski definition) is 1. The van der Waals surface area contributed by atoms with Crippen LogP contribution in [0.15, 0.2) is 24.3 Å². The molecule has 1 aliphatic rings. The lowest BCUT2D eigenvalue weighted by atomic mass is 10.1. The van der Waals surface area contributed by atoms with E-state index in [4.69, 9.17) is 5.11 Å². The maximum absolute atomic E-state index is 9.09. The van der Waals surface area contributed by atoms with E-state index in [1.807, 2.05) is 12.2 Å². The van der Waals surface area contributed by atoms with E-state index in [0.29, 0.717) is 0 Å². The first-order valence-corrected chi connectivity index (χ1v) is 3.39. The molecule has 0 heterocycles. The summed E-state index contributed by atoms with van der Waals surface area (Å²) in [5.74, 6) is 0. The van der Waals surface area contributed by atoms with Gasteiger partial charge in [-0.2, -0.15) is 0 Å². The Labute approximate surface area is 55.7 Å². The molecule has 0 radical (unpaired) electrons. The molecular formula is C8H12O. The summed E-state index contributed by atoms with van der Waals surface area (Å²) >= 11 is 0. The van der Waals surface area contributed by atoms with Crippen LogP contribution >= 0.6 is 0 Å². The highest BCUT2D eigenvalue weighted by Crippen LogP contribution is 2.04. The summed E-state index contributed by atoms with van der Waals surface area (Å²) < 4.78 is 0. The van der Waals surface area contributed by atoms with Gasteiger partial charge in [0.2, 0.25) is 0 Å². The van der Waals surface area contributed by atoms with Crippen LogP contribution in [-0.2, 0) is 0 Å². The molecule has 0 fully saturated rings. The van der Waals surface area contributed by atoms with Crippen molar-refractivity contribution in [3.05, 3.63) is 24.3 Å². The summed E-state index contributed by atoms with van der Waals surface area (Å²) in [4.78, 5) is 0. The molecule has 0 aliphatic heterocycles. The van der Waals surface area contributed by atoms with Crippen molar-refractivity contribution in [1.82, 2.24) is 0 Å². The van der Waals surface area contributed by atoms with Gasteiger partial charge in [-0.3, -0.25) is 0 Å². The molecule has 1 nitrogen and oxygen atoms in total. The molecular weight excluding hydrogens is 112 g/mol. The minimum atomic E-state index is -0.213. The van der Waals surface area contributed by atoms with Gasteiger partial charge in [0.05, 0.1) is 6.10 Å². The third kappa shape index (κ3) is 2.47. The van der Waals surface area contributed by atoms with Crippen molar-refractivity contribution in [2.75, 3.05) is 0 Å². The first kappa shape index (κ1) is 6.56. The Morgan fingerprint density at radius 2 is 2.11 bits per heavy atom. The minimum Gasteiger partial charge on any atom is -0.389 e. The van der Waals surface area contributed by atoms with Crippen molar-refractivity contribution in [2.24, 2.45) is 0 Å². The van der Waals surface area contributed by atoms with Gasteiger partial charge in [-0.1, -0.05) is 24.3 Å². The average molecular weight is 124 g/mol. The fraction of sp³-hybridized carbons (Fsp3) is 0.500.